The van der Waals surface area contributed by atoms with E-state index in [0.29, 0.717) is 50.9 Å². The van der Waals surface area contributed by atoms with Crippen molar-refractivity contribution in [2.45, 2.75) is 57.8 Å². The summed E-state index contributed by atoms with van der Waals surface area (Å²) >= 11 is 0. The summed E-state index contributed by atoms with van der Waals surface area (Å²) in [7, 11) is 6.62. The second-order valence-corrected chi connectivity index (χ2v) is 10.4. The molecule has 43 heavy (non-hydrogen) atoms. The quantitative estimate of drug-likeness (QED) is 0.180. The molecule has 0 unspecified atom stereocenters. The van der Waals surface area contributed by atoms with Crippen molar-refractivity contribution in [1.82, 2.24) is 10.6 Å². The third-order valence-corrected chi connectivity index (χ3v) is 7.44. The van der Waals surface area contributed by atoms with Gasteiger partial charge in [-0.15, -0.1) is 0 Å². The number of ether oxygens (including phenoxy) is 4. The molecule has 0 aliphatic rings. The third-order valence-electron chi connectivity index (χ3n) is 7.44. The number of carbonyl (C=O) groups is 2. The van der Waals surface area contributed by atoms with Gasteiger partial charge in [0.25, 0.3) is 0 Å². The number of unbranched alkanes of at least 4 members (excludes halogenated alkanes) is 1. The predicted octanol–water partition coefficient (Wildman–Crippen LogP) is 5.47. The van der Waals surface area contributed by atoms with Crippen LogP contribution in [0, 0.1) is 0 Å². The van der Waals surface area contributed by atoms with Gasteiger partial charge in [-0.1, -0.05) is 30.3 Å². The zero-order valence-corrected chi connectivity index (χ0v) is 26.0. The largest absolute Gasteiger partial charge is 0.497 e. The number of benzene rings is 3. The smallest absolute Gasteiger partial charge is 0.220 e. The molecule has 0 bridgehead atoms. The van der Waals surface area contributed by atoms with Gasteiger partial charge in [0.1, 0.15) is 11.5 Å². The maximum atomic E-state index is 12.5. The van der Waals surface area contributed by atoms with Gasteiger partial charge in [0.2, 0.25) is 11.8 Å². The summed E-state index contributed by atoms with van der Waals surface area (Å²) in [6.45, 7) is 1.12. The normalized spacial score (nSPS) is 10.6. The van der Waals surface area contributed by atoms with E-state index in [1.165, 1.54) is 5.56 Å². The number of methoxy groups -OCH3 is 4. The van der Waals surface area contributed by atoms with Crippen LogP contribution < -0.4 is 29.6 Å². The Morgan fingerprint density at radius 3 is 1.91 bits per heavy atom. The van der Waals surface area contributed by atoms with Crippen LogP contribution in [0.25, 0.3) is 0 Å². The summed E-state index contributed by atoms with van der Waals surface area (Å²) < 4.78 is 21.8. The van der Waals surface area contributed by atoms with Gasteiger partial charge in [-0.3, -0.25) is 9.59 Å². The molecular weight excluding hydrogens is 544 g/mol. The lowest BCUT2D eigenvalue weighted by molar-refractivity contribution is -0.123. The Morgan fingerprint density at radius 1 is 0.605 bits per heavy atom. The average molecular weight is 591 g/mol. The van der Waals surface area contributed by atoms with E-state index in [2.05, 4.69) is 28.8 Å². The van der Waals surface area contributed by atoms with Crippen molar-refractivity contribution in [3.8, 4) is 23.0 Å². The van der Waals surface area contributed by atoms with E-state index in [0.717, 1.165) is 59.6 Å². The molecule has 3 aromatic carbocycles. The van der Waals surface area contributed by atoms with Crippen LogP contribution in [0.3, 0.4) is 0 Å². The molecule has 8 nitrogen and oxygen atoms in total. The molecular formula is C35H46N2O6. The van der Waals surface area contributed by atoms with Crippen molar-refractivity contribution in [2.75, 3.05) is 41.5 Å². The number of aryl methyl sites for hydroxylation is 1. The molecule has 0 aliphatic heterocycles. The zero-order valence-electron chi connectivity index (χ0n) is 26.0. The first-order valence-electron chi connectivity index (χ1n) is 15.0. The van der Waals surface area contributed by atoms with Crippen LogP contribution in [0.2, 0.25) is 0 Å². The van der Waals surface area contributed by atoms with Crippen molar-refractivity contribution >= 4 is 11.8 Å². The van der Waals surface area contributed by atoms with E-state index in [1.54, 1.807) is 28.4 Å². The lowest BCUT2D eigenvalue weighted by atomic mass is 9.96. The number of hydrogen-bond acceptors (Lipinski definition) is 6. The SMILES string of the molecule is COc1ccc(CCNC(=O)CCCCC(=O)NCCc2ccc(OC)c(OC)c2CCCc2cccc(OC)c2)cc1. The number of hydrogen-bond donors (Lipinski definition) is 2. The van der Waals surface area contributed by atoms with Gasteiger partial charge in [-0.05, 0) is 92.0 Å². The molecule has 0 atom stereocenters. The van der Waals surface area contributed by atoms with Gasteiger partial charge >= 0.3 is 0 Å². The van der Waals surface area contributed by atoms with Crippen molar-refractivity contribution < 1.29 is 28.5 Å². The Bertz CT molecular complexity index is 1290. The van der Waals surface area contributed by atoms with Crippen molar-refractivity contribution in [3.05, 3.63) is 82.9 Å². The van der Waals surface area contributed by atoms with E-state index in [-0.39, 0.29) is 11.8 Å². The molecule has 8 heteroatoms. The molecule has 0 saturated heterocycles. The minimum absolute atomic E-state index is 0.0000320. The fourth-order valence-corrected chi connectivity index (χ4v) is 5.06. The second kappa shape index (κ2) is 18.4. The lowest BCUT2D eigenvalue weighted by Gasteiger charge is -2.17. The summed E-state index contributed by atoms with van der Waals surface area (Å²) in [5.41, 5.74) is 4.61. The minimum Gasteiger partial charge on any atom is -0.497 e. The van der Waals surface area contributed by atoms with Crippen LogP contribution in [-0.4, -0.2) is 53.3 Å². The molecule has 3 rings (SSSR count). The molecule has 0 heterocycles. The summed E-state index contributed by atoms with van der Waals surface area (Å²) in [5.74, 6) is 3.15. The fourth-order valence-electron chi connectivity index (χ4n) is 5.06. The standard InChI is InChI=1S/C35H46N2O6/c1-40-29-18-15-26(16-19-29)21-23-36-33(38)13-5-6-14-34(39)37-24-22-28-17-20-32(42-3)35(43-4)31(28)12-8-10-27-9-7-11-30(25-27)41-2/h7,9,11,15-20,25H,5-6,8,10,12-14,21-24H2,1-4H3,(H,36,38)(H,37,39). The molecule has 0 aliphatic carbocycles. The molecule has 0 aromatic heterocycles. The Labute approximate surface area is 256 Å². The first-order valence-corrected chi connectivity index (χ1v) is 15.0. The first-order chi connectivity index (χ1) is 21.0. The van der Waals surface area contributed by atoms with E-state index in [9.17, 15) is 9.59 Å². The van der Waals surface area contributed by atoms with E-state index in [1.807, 2.05) is 42.5 Å². The van der Waals surface area contributed by atoms with Crippen LogP contribution in [0.5, 0.6) is 23.0 Å². The van der Waals surface area contributed by atoms with Crippen molar-refractivity contribution in [3.63, 3.8) is 0 Å². The summed E-state index contributed by atoms with van der Waals surface area (Å²) in [6, 6.07) is 19.9. The second-order valence-electron chi connectivity index (χ2n) is 10.4. The molecule has 0 radical (unpaired) electrons. The average Bonchev–Trinajstić information content (AvgIpc) is 3.03. The van der Waals surface area contributed by atoms with E-state index < -0.39 is 0 Å². The van der Waals surface area contributed by atoms with E-state index >= 15 is 0 Å². The Balaban J connectivity index is 1.38. The lowest BCUT2D eigenvalue weighted by Crippen LogP contribution is -2.26. The fraction of sp³-hybridized carbons (Fsp3) is 0.429. The van der Waals surface area contributed by atoms with E-state index in [4.69, 9.17) is 18.9 Å². The molecule has 3 aromatic rings. The van der Waals surface area contributed by atoms with Crippen molar-refractivity contribution in [2.24, 2.45) is 0 Å². The highest BCUT2D eigenvalue weighted by Crippen LogP contribution is 2.35. The first kappa shape index (κ1) is 33.3. The van der Waals surface area contributed by atoms with Crippen LogP contribution in [0.1, 0.15) is 54.4 Å². The Hall–Kier alpha value is -4.20. The van der Waals surface area contributed by atoms with Gasteiger partial charge in [-0.2, -0.15) is 0 Å². The maximum absolute atomic E-state index is 12.5. The number of nitrogens with one attached hydrogen (secondary N) is 2. The molecule has 0 spiro atoms. The monoisotopic (exact) mass is 590 g/mol. The summed E-state index contributed by atoms with van der Waals surface area (Å²) in [4.78, 5) is 24.6. The highest BCUT2D eigenvalue weighted by Gasteiger charge is 2.15. The molecule has 232 valence electrons. The summed E-state index contributed by atoms with van der Waals surface area (Å²) in [6.07, 6.45) is 6.29. The zero-order chi connectivity index (χ0) is 30.9. The molecule has 2 N–H and O–H groups in total. The van der Waals surface area contributed by atoms with Gasteiger partial charge in [-0.25, -0.2) is 0 Å². The molecule has 0 fully saturated rings. The van der Waals surface area contributed by atoms with Gasteiger partial charge in [0.05, 0.1) is 28.4 Å². The number of amides is 2. The number of rotatable bonds is 19. The summed E-state index contributed by atoms with van der Waals surface area (Å²) in [5, 5.41) is 5.99. The van der Waals surface area contributed by atoms with Gasteiger partial charge in [0.15, 0.2) is 11.5 Å². The van der Waals surface area contributed by atoms with Gasteiger partial charge in [0, 0.05) is 31.5 Å². The van der Waals surface area contributed by atoms with Gasteiger partial charge < -0.3 is 29.6 Å². The highest BCUT2D eigenvalue weighted by molar-refractivity contribution is 5.77. The third kappa shape index (κ3) is 11.2. The van der Waals surface area contributed by atoms with Crippen LogP contribution in [0.4, 0.5) is 0 Å². The van der Waals surface area contributed by atoms with Crippen LogP contribution in [-0.2, 0) is 35.3 Å². The molecule has 2 amide bonds. The predicted molar refractivity (Wildman–Crippen MR) is 169 cm³/mol. The topological polar surface area (TPSA) is 95.1 Å². The minimum atomic E-state index is -0.0000320. The van der Waals surface area contributed by atoms with Crippen molar-refractivity contribution in [1.29, 1.82) is 0 Å². The Morgan fingerprint density at radius 2 is 1.28 bits per heavy atom. The number of carbonyl (C=O) groups excluding carboxylic acids is 2. The maximum Gasteiger partial charge on any atom is 0.220 e. The Kier molecular flexibility index (Phi) is 14.2. The highest BCUT2D eigenvalue weighted by atomic mass is 16.5. The van der Waals surface area contributed by atoms with Crippen LogP contribution >= 0.6 is 0 Å². The van der Waals surface area contributed by atoms with Crippen LogP contribution in [0.15, 0.2) is 60.7 Å². The molecule has 0 saturated carbocycles.